The molecule has 0 amide bonds. The van der Waals surface area contributed by atoms with Gasteiger partial charge >= 0.3 is 0 Å². The molecule has 3 heterocycles. The van der Waals surface area contributed by atoms with Gasteiger partial charge in [0.2, 0.25) is 0 Å². The first-order chi connectivity index (χ1) is 12.8. The topological polar surface area (TPSA) is 74.2 Å². The number of aliphatic hydroxyl groups excluding tert-OH is 1. The molecule has 6 nitrogen and oxygen atoms in total. The second-order valence-corrected chi connectivity index (χ2v) is 7.31. The van der Waals surface area contributed by atoms with Crippen LogP contribution in [0.1, 0.15) is 36.9 Å². The van der Waals surface area contributed by atoms with Crippen molar-refractivity contribution < 1.29 is 5.11 Å². The molecule has 0 saturated carbocycles. The van der Waals surface area contributed by atoms with Crippen molar-refractivity contribution in [1.29, 1.82) is 0 Å². The Morgan fingerprint density at radius 3 is 2.81 bits per heavy atom. The van der Waals surface area contributed by atoms with Crippen LogP contribution in [0.3, 0.4) is 0 Å². The normalized spacial score (nSPS) is 18.5. The number of piperidine rings is 1. The van der Waals surface area contributed by atoms with Crippen LogP contribution < -0.4 is 5.32 Å². The maximum Gasteiger partial charge on any atom is 0.163 e. The number of aromatic nitrogens is 3. The fraction of sp³-hybridized carbons (Fsp3) is 0.550. The molecule has 2 aromatic rings. The number of hydrogen-bond acceptors (Lipinski definition) is 6. The Labute approximate surface area is 154 Å². The largest absolute Gasteiger partial charge is 0.390 e. The van der Waals surface area contributed by atoms with E-state index in [2.05, 4.69) is 15.2 Å². The van der Waals surface area contributed by atoms with Crippen molar-refractivity contribution in [2.75, 3.05) is 31.5 Å². The number of β-amino-alcohol motifs (C(OH)–C–C–N with tert-alkyl or cyclic N) is 1. The summed E-state index contributed by atoms with van der Waals surface area (Å²) >= 11 is 0. The molecular formula is C20H27N5O. The van der Waals surface area contributed by atoms with Gasteiger partial charge in [0.1, 0.15) is 5.82 Å². The maximum atomic E-state index is 10.4. The van der Waals surface area contributed by atoms with E-state index in [0.717, 1.165) is 56.0 Å². The summed E-state index contributed by atoms with van der Waals surface area (Å²) in [5, 5.41) is 13.8. The van der Waals surface area contributed by atoms with Gasteiger partial charge in [-0.2, -0.15) is 0 Å². The lowest BCUT2D eigenvalue weighted by atomic mass is 10.1. The summed E-state index contributed by atoms with van der Waals surface area (Å²) in [5.41, 5.74) is 3.27. The van der Waals surface area contributed by atoms with Crippen LogP contribution in [-0.4, -0.2) is 57.2 Å². The Morgan fingerprint density at radius 1 is 1.12 bits per heavy atom. The van der Waals surface area contributed by atoms with Crippen LogP contribution in [0.4, 0.5) is 5.82 Å². The highest BCUT2D eigenvalue weighted by Gasteiger charge is 2.21. The predicted octanol–water partition coefficient (Wildman–Crippen LogP) is 2.29. The highest BCUT2D eigenvalue weighted by atomic mass is 16.3. The molecule has 0 aromatic carbocycles. The second-order valence-electron chi connectivity index (χ2n) is 7.31. The average molecular weight is 353 g/mol. The van der Waals surface area contributed by atoms with Crippen molar-refractivity contribution in [3.63, 3.8) is 0 Å². The van der Waals surface area contributed by atoms with E-state index in [1.807, 2.05) is 12.1 Å². The van der Waals surface area contributed by atoms with Gasteiger partial charge in [0.15, 0.2) is 5.82 Å². The van der Waals surface area contributed by atoms with Crippen molar-refractivity contribution in [3.8, 4) is 11.4 Å². The number of nitrogens with one attached hydrogen (secondary N) is 1. The molecule has 0 unspecified atom stereocenters. The minimum absolute atomic E-state index is 0.387. The summed E-state index contributed by atoms with van der Waals surface area (Å²) in [6.07, 6.45) is 10.1. The van der Waals surface area contributed by atoms with E-state index in [4.69, 9.17) is 9.97 Å². The van der Waals surface area contributed by atoms with Crippen LogP contribution in [0.5, 0.6) is 0 Å². The molecule has 0 radical (unpaired) electrons. The summed E-state index contributed by atoms with van der Waals surface area (Å²) in [6.45, 7) is 3.46. The smallest absolute Gasteiger partial charge is 0.163 e. The van der Waals surface area contributed by atoms with Crippen LogP contribution in [0.25, 0.3) is 11.4 Å². The number of fused-ring (bicyclic) bond motifs is 1. The lowest BCUT2D eigenvalue weighted by Gasteiger charge is -2.28. The molecule has 4 rings (SSSR count). The van der Waals surface area contributed by atoms with Gasteiger partial charge in [0.25, 0.3) is 0 Å². The van der Waals surface area contributed by atoms with Gasteiger partial charge in [-0.1, -0.05) is 6.42 Å². The van der Waals surface area contributed by atoms with Crippen molar-refractivity contribution in [2.45, 2.75) is 44.6 Å². The van der Waals surface area contributed by atoms with Gasteiger partial charge in [0.05, 0.1) is 6.10 Å². The fourth-order valence-corrected chi connectivity index (χ4v) is 3.92. The van der Waals surface area contributed by atoms with Gasteiger partial charge in [-0.3, -0.25) is 4.98 Å². The van der Waals surface area contributed by atoms with Gasteiger partial charge in [-0.25, -0.2) is 9.97 Å². The minimum Gasteiger partial charge on any atom is -0.390 e. The Hall–Kier alpha value is -2.05. The summed E-state index contributed by atoms with van der Waals surface area (Å²) in [7, 11) is 0. The van der Waals surface area contributed by atoms with E-state index in [0.29, 0.717) is 12.4 Å². The Bertz CT molecular complexity index is 730. The Balaban J connectivity index is 1.46. The summed E-state index contributed by atoms with van der Waals surface area (Å²) in [4.78, 5) is 16.0. The van der Waals surface area contributed by atoms with Crippen LogP contribution in [0, 0.1) is 0 Å². The average Bonchev–Trinajstić information content (AvgIpc) is 3.16. The van der Waals surface area contributed by atoms with E-state index in [-0.39, 0.29) is 6.10 Å². The summed E-state index contributed by atoms with van der Waals surface area (Å²) in [6, 6.07) is 3.89. The number of pyridine rings is 1. The molecule has 6 heteroatoms. The van der Waals surface area contributed by atoms with Crippen LogP contribution in [-0.2, 0) is 12.8 Å². The molecule has 1 fully saturated rings. The van der Waals surface area contributed by atoms with Crippen molar-refractivity contribution >= 4 is 5.82 Å². The zero-order valence-electron chi connectivity index (χ0n) is 15.2. The van der Waals surface area contributed by atoms with Crippen LogP contribution >= 0.6 is 0 Å². The highest BCUT2D eigenvalue weighted by molar-refractivity contribution is 5.59. The third-order valence-electron chi connectivity index (χ3n) is 5.28. The number of likely N-dealkylation sites (tertiary alicyclic amines) is 1. The van der Waals surface area contributed by atoms with E-state index >= 15 is 0 Å². The summed E-state index contributed by atoms with van der Waals surface area (Å²) in [5.74, 6) is 1.59. The zero-order valence-corrected chi connectivity index (χ0v) is 15.2. The molecule has 1 atom stereocenters. The molecule has 26 heavy (non-hydrogen) atoms. The number of rotatable bonds is 6. The third-order valence-corrected chi connectivity index (χ3v) is 5.28. The molecule has 2 aliphatic rings. The van der Waals surface area contributed by atoms with E-state index in [1.54, 1.807) is 12.4 Å². The monoisotopic (exact) mass is 353 g/mol. The SMILES string of the molecule is O[C@H](CNc1nc(-c2cccnc2)nc2c1CCC2)CN1CCCCC1. The molecule has 138 valence electrons. The quantitative estimate of drug-likeness (QED) is 0.830. The molecule has 2 aromatic heterocycles. The molecule has 1 aliphatic heterocycles. The van der Waals surface area contributed by atoms with Crippen molar-refractivity contribution in [3.05, 3.63) is 35.8 Å². The number of aryl methyl sites for hydroxylation is 1. The van der Waals surface area contributed by atoms with Crippen molar-refractivity contribution in [2.24, 2.45) is 0 Å². The van der Waals surface area contributed by atoms with Gasteiger partial charge in [-0.15, -0.1) is 0 Å². The predicted molar refractivity (Wildman–Crippen MR) is 102 cm³/mol. The lowest BCUT2D eigenvalue weighted by molar-refractivity contribution is 0.109. The van der Waals surface area contributed by atoms with Gasteiger partial charge < -0.3 is 15.3 Å². The fourth-order valence-electron chi connectivity index (χ4n) is 3.92. The Morgan fingerprint density at radius 2 is 2.00 bits per heavy atom. The van der Waals surface area contributed by atoms with Crippen LogP contribution in [0.2, 0.25) is 0 Å². The molecule has 0 spiro atoms. The maximum absolute atomic E-state index is 10.4. The number of aliphatic hydroxyl groups is 1. The highest BCUT2D eigenvalue weighted by Crippen LogP contribution is 2.29. The molecule has 0 bridgehead atoms. The first-order valence-corrected chi connectivity index (χ1v) is 9.74. The Kier molecular flexibility index (Phi) is 5.41. The summed E-state index contributed by atoms with van der Waals surface area (Å²) < 4.78 is 0. The number of hydrogen-bond donors (Lipinski definition) is 2. The van der Waals surface area contributed by atoms with Gasteiger partial charge in [-0.05, 0) is 57.3 Å². The standard InChI is InChI=1S/C20H27N5O/c26-16(14-25-10-2-1-3-11-25)13-22-20-17-7-4-8-18(17)23-19(24-20)15-6-5-9-21-12-15/h5-6,9,12,16,26H,1-4,7-8,10-11,13-14H2,(H,22,23,24)/t16-/m1/s1. The first kappa shape index (κ1) is 17.4. The van der Waals surface area contributed by atoms with E-state index in [1.165, 1.54) is 24.8 Å². The van der Waals surface area contributed by atoms with Gasteiger partial charge in [0, 0.05) is 42.3 Å². The molecule has 1 aliphatic carbocycles. The zero-order chi connectivity index (χ0) is 17.8. The van der Waals surface area contributed by atoms with Crippen LogP contribution in [0.15, 0.2) is 24.5 Å². The minimum atomic E-state index is -0.387. The molecule has 1 saturated heterocycles. The number of nitrogens with zero attached hydrogens (tertiary/aromatic N) is 4. The molecular weight excluding hydrogens is 326 g/mol. The lowest BCUT2D eigenvalue weighted by Crippen LogP contribution is -2.39. The van der Waals surface area contributed by atoms with Crippen molar-refractivity contribution in [1.82, 2.24) is 19.9 Å². The van der Waals surface area contributed by atoms with E-state index in [9.17, 15) is 5.11 Å². The number of anilines is 1. The van der Waals surface area contributed by atoms with E-state index < -0.39 is 0 Å². The first-order valence-electron chi connectivity index (χ1n) is 9.74. The third kappa shape index (κ3) is 4.02. The molecule has 2 N–H and O–H groups in total. The second kappa shape index (κ2) is 8.10.